The summed E-state index contributed by atoms with van der Waals surface area (Å²) in [6.45, 7) is 1.47. The van der Waals surface area contributed by atoms with E-state index in [9.17, 15) is 4.79 Å². The highest BCUT2D eigenvalue weighted by atomic mass is 35.5. The number of hydrogen-bond acceptors (Lipinski definition) is 4. The number of nitrogens with zero attached hydrogens (tertiary/aromatic N) is 3. The van der Waals surface area contributed by atoms with E-state index in [1.54, 1.807) is 6.07 Å². The van der Waals surface area contributed by atoms with Gasteiger partial charge in [-0.3, -0.25) is 9.78 Å². The third-order valence-electron chi connectivity index (χ3n) is 5.10. The Morgan fingerprint density at radius 3 is 2.64 bits per heavy atom. The quantitative estimate of drug-likeness (QED) is 0.631. The minimum Gasteiger partial charge on any atom is -0.446 e. The number of benzene rings is 2. The molecule has 140 valence electrons. The van der Waals surface area contributed by atoms with Crippen LogP contribution in [0.2, 0.25) is 5.02 Å². The van der Waals surface area contributed by atoms with Crippen molar-refractivity contribution < 1.29 is 9.53 Å². The Bertz CT molecular complexity index is 1120. The number of rotatable bonds is 3. The van der Waals surface area contributed by atoms with Crippen LogP contribution in [0.4, 0.5) is 0 Å². The maximum atomic E-state index is 12.3. The fraction of sp³-hybridized carbons (Fsp3) is 0.227. The molecule has 5 nitrogen and oxygen atoms in total. The van der Waals surface area contributed by atoms with Gasteiger partial charge in [0.2, 0.25) is 18.0 Å². The van der Waals surface area contributed by atoms with Gasteiger partial charge < -0.3 is 4.74 Å². The molecular weight excluding hydrogens is 374 g/mol. The largest absolute Gasteiger partial charge is 0.446 e. The summed E-state index contributed by atoms with van der Waals surface area (Å²) in [6.07, 6.45) is 1.62. The average Bonchev–Trinajstić information content (AvgIpc) is 3.46. The van der Waals surface area contributed by atoms with Crippen molar-refractivity contribution in [2.45, 2.75) is 31.9 Å². The van der Waals surface area contributed by atoms with Crippen molar-refractivity contribution in [1.82, 2.24) is 9.99 Å². The van der Waals surface area contributed by atoms with Gasteiger partial charge in [0.1, 0.15) is 0 Å². The molecule has 0 spiro atoms. The minimum atomic E-state index is -0.683. The number of ether oxygens (including phenoxy) is 1. The summed E-state index contributed by atoms with van der Waals surface area (Å²) in [5.74, 6) is 0.704. The van der Waals surface area contributed by atoms with E-state index < -0.39 is 6.23 Å². The number of para-hydroxylation sites is 1. The minimum absolute atomic E-state index is 0.208. The van der Waals surface area contributed by atoms with Crippen molar-refractivity contribution in [2.24, 2.45) is 5.10 Å². The van der Waals surface area contributed by atoms with Gasteiger partial charge in [-0.05, 0) is 31.0 Å². The Hall–Kier alpha value is -2.92. The van der Waals surface area contributed by atoms with E-state index in [0.717, 1.165) is 35.0 Å². The molecule has 1 saturated carbocycles. The molecule has 1 aliphatic carbocycles. The Labute approximate surface area is 167 Å². The second kappa shape index (κ2) is 6.60. The monoisotopic (exact) mass is 391 g/mol. The summed E-state index contributed by atoms with van der Waals surface area (Å²) < 4.78 is 6.19. The van der Waals surface area contributed by atoms with Crippen molar-refractivity contribution in [2.75, 3.05) is 0 Å². The smallest absolute Gasteiger partial charge is 0.243 e. The molecule has 0 radical (unpaired) electrons. The van der Waals surface area contributed by atoms with E-state index in [0.29, 0.717) is 22.4 Å². The van der Waals surface area contributed by atoms with E-state index in [-0.39, 0.29) is 5.91 Å². The van der Waals surface area contributed by atoms with Crippen LogP contribution in [0.1, 0.15) is 48.7 Å². The zero-order chi connectivity index (χ0) is 19.3. The number of pyridine rings is 1. The van der Waals surface area contributed by atoms with Crippen LogP contribution in [-0.2, 0) is 9.53 Å². The first-order valence-electron chi connectivity index (χ1n) is 9.31. The Morgan fingerprint density at radius 1 is 1.14 bits per heavy atom. The van der Waals surface area contributed by atoms with Gasteiger partial charge in [0, 0.05) is 40.1 Å². The van der Waals surface area contributed by atoms with Crippen molar-refractivity contribution in [3.63, 3.8) is 0 Å². The van der Waals surface area contributed by atoms with E-state index in [1.807, 2.05) is 48.5 Å². The van der Waals surface area contributed by atoms with E-state index in [1.165, 1.54) is 11.9 Å². The first-order valence-corrected chi connectivity index (χ1v) is 9.69. The van der Waals surface area contributed by atoms with Crippen LogP contribution in [0.15, 0.2) is 59.7 Å². The van der Waals surface area contributed by atoms with E-state index in [4.69, 9.17) is 21.3 Å². The third kappa shape index (κ3) is 2.92. The molecule has 0 N–H and O–H groups in total. The van der Waals surface area contributed by atoms with E-state index >= 15 is 0 Å². The average molecular weight is 392 g/mol. The van der Waals surface area contributed by atoms with Crippen LogP contribution < -0.4 is 0 Å². The summed E-state index contributed by atoms with van der Waals surface area (Å²) in [5.41, 5.74) is 3.52. The van der Waals surface area contributed by atoms with Gasteiger partial charge in [0.15, 0.2) is 0 Å². The van der Waals surface area contributed by atoms with Gasteiger partial charge in [0.25, 0.3) is 0 Å². The van der Waals surface area contributed by atoms with Gasteiger partial charge in [-0.15, -0.1) is 5.10 Å². The third-order valence-corrected chi connectivity index (χ3v) is 5.44. The second-order valence-corrected chi connectivity index (χ2v) is 7.55. The maximum absolute atomic E-state index is 12.3. The summed E-state index contributed by atoms with van der Waals surface area (Å²) in [6, 6.07) is 17.3. The zero-order valence-electron chi connectivity index (χ0n) is 15.3. The molecule has 5 rings (SSSR count). The van der Waals surface area contributed by atoms with Crippen LogP contribution in [0, 0.1) is 0 Å². The Morgan fingerprint density at radius 2 is 1.89 bits per heavy atom. The molecule has 3 aromatic rings. The number of halogens is 1. The summed E-state index contributed by atoms with van der Waals surface area (Å²) in [7, 11) is 0. The highest BCUT2D eigenvalue weighted by Crippen LogP contribution is 2.41. The summed E-state index contributed by atoms with van der Waals surface area (Å²) in [5, 5.41) is 7.36. The molecule has 0 saturated heterocycles. The SMILES string of the molecule is CC(=O)N1N=C(c2cc(C3CC3)nc3ccccc23)OC1c1ccccc1Cl. The number of hydrazone groups is 1. The zero-order valence-corrected chi connectivity index (χ0v) is 16.1. The highest BCUT2D eigenvalue weighted by Gasteiger charge is 2.35. The topological polar surface area (TPSA) is 54.8 Å². The fourth-order valence-electron chi connectivity index (χ4n) is 3.51. The molecule has 1 atom stereocenters. The van der Waals surface area contributed by atoms with Crippen molar-refractivity contribution in [3.8, 4) is 0 Å². The molecule has 2 heterocycles. The van der Waals surface area contributed by atoms with Gasteiger partial charge >= 0.3 is 0 Å². The maximum Gasteiger partial charge on any atom is 0.243 e. The lowest BCUT2D eigenvalue weighted by atomic mass is 10.1. The first kappa shape index (κ1) is 17.2. The molecule has 1 fully saturated rings. The van der Waals surface area contributed by atoms with Gasteiger partial charge in [0.05, 0.1) is 5.52 Å². The lowest BCUT2D eigenvalue weighted by molar-refractivity contribution is -0.135. The number of amides is 1. The number of aromatic nitrogens is 1. The van der Waals surface area contributed by atoms with Crippen molar-refractivity contribution >= 4 is 34.3 Å². The lowest BCUT2D eigenvalue weighted by Gasteiger charge is -2.20. The number of carbonyl (C=O) groups is 1. The molecule has 28 heavy (non-hydrogen) atoms. The van der Waals surface area contributed by atoms with Crippen LogP contribution in [0.3, 0.4) is 0 Å². The second-order valence-electron chi connectivity index (χ2n) is 7.15. The first-order chi connectivity index (χ1) is 13.6. The molecule has 1 aliphatic heterocycles. The normalized spacial score (nSPS) is 18.9. The van der Waals surface area contributed by atoms with Crippen LogP contribution >= 0.6 is 11.6 Å². The number of hydrogen-bond donors (Lipinski definition) is 0. The Kier molecular flexibility index (Phi) is 4.05. The Balaban J connectivity index is 1.63. The highest BCUT2D eigenvalue weighted by molar-refractivity contribution is 6.31. The molecule has 2 aromatic carbocycles. The van der Waals surface area contributed by atoms with Crippen molar-refractivity contribution in [1.29, 1.82) is 0 Å². The number of fused-ring (bicyclic) bond motifs is 1. The molecular formula is C22H18ClN3O2. The molecule has 1 unspecified atom stereocenters. The molecule has 6 heteroatoms. The van der Waals surface area contributed by atoms with Crippen LogP contribution in [-0.4, -0.2) is 21.8 Å². The summed E-state index contributed by atoms with van der Waals surface area (Å²) in [4.78, 5) is 17.1. The van der Waals surface area contributed by atoms with Crippen LogP contribution in [0.5, 0.6) is 0 Å². The molecule has 1 aromatic heterocycles. The van der Waals surface area contributed by atoms with Crippen LogP contribution in [0.25, 0.3) is 10.9 Å². The van der Waals surface area contributed by atoms with Gasteiger partial charge in [-0.2, -0.15) is 5.01 Å². The lowest BCUT2D eigenvalue weighted by Crippen LogP contribution is -2.25. The predicted octanol–water partition coefficient (Wildman–Crippen LogP) is 5.00. The van der Waals surface area contributed by atoms with E-state index in [2.05, 4.69) is 5.10 Å². The van der Waals surface area contributed by atoms with Crippen molar-refractivity contribution in [3.05, 3.63) is 76.4 Å². The fourth-order valence-corrected chi connectivity index (χ4v) is 3.74. The molecule has 1 amide bonds. The number of carbonyl (C=O) groups excluding carboxylic acids is 1. The predicted molar refractivity (Wildman–Crippen MR) is 108 cm³/mol. The van der Waals surface area contributed by atoms with Gasteiger partial charge in [-0.25, -0.2) is 0 Å². The van der Waals surface area contributed by atoms with Gasteiger partial charge in [-0.1, -0.05) is 48.0 Å². The molecule has 0 bridgehead atoms. The summed E-state index contributed by atoms with van der Waals surface area (Å²) >= 11 is 6.36. The standard InChI is InChI=1S/C22H18ClN3O2/c1-13(27)26-22(16-7-2-4-8-18(16)23)28-21(25-26)17-12-20(14-10-11-14)24-19-9-5-3-6-15(17)19/h2-9,12,14,22H,10-11H2,1H3. The molecule has 2 aliphatic rings.